The van der Waals surface area contributed by atoms with Crippen LogP contribution in [0.4, 0.5) is 15.9 Å². The fourth-order valence-electron chi connectivity index (χ4n) is 1.52. The Labute approximate surface area is 98.5 Å². The van der Waals surface area contributed by atoms with E-state index in [0.717, 1.165) is 5.56 Å². The zero-order valence-corrected chi connectivity index (χ0v) is 9.24. The molecule has 0 fully saturated rings. The number of nitrogens with one attached hydrogen (secondary N) is 1. The molecule has 0 aliphatic rings. The van der Waals surface area contributed by atoms with Crippen molar-refractivity contribution in [3.63, 3.8) is 0 Å². The molecule has 0 amide bonds. The molecule has 0 saturated carbocycles. The number of hydrogen-bond donors (Lipinski definition) is 1. The number of anilines is 2. The summed E-state index contributed by atoms with van der Waals surface area (Å²) >= 11 is 0. The van der Waals surface area contributed by atoms with E-state index in [4.69, 9.17) is 5.26 Å². The normalized spacial score (nSPS) is 9.71. The Morgan fingerprint density at radius 2 is 2.12 bits per heavy atom. The highest BCUT2D eigenvalue weighted by molar-refractivity contribution is 5.57. The van der Waals surface area contributed by atoms with Gasteiger partial charge < -0.3 is 5.32 Å². The lowest BCUT2D eigenvalue weighted by atomic mass is 10.2. The summed E-state index contributed by atoms with van der Waals surface area (Å²) in [4.78, 5) is 4.05. The maximum absolute atomic E-state index is 13.2. The number of rotatable bonds is 2. The van der Waals surface area contributed by atoms with Gasteiger partial charge in [-0.1, -0.05) is 6.07 Å². The number of pyridine rings is 1. The van der Waals surface area contributed by atoms with E-state index in [-0.39, 0.29) is 5.82 Å². The van der Waals surface area contributed by atoms with Gasteiger partial charge in [0.25, 0.3) is 0 Å². The Kier molecular flexibility index (Phi) is 3.01. The van der Waals surface area contributed by atoms with Crippen LogP contribution in [-0.4, -0.2) is 4.98 Å². The first-order valence-electron chi connectivity index (χ1n) is 5.09. The SMILES string of the molecule is Cc1cc(F)cc(Nc2cccc(C#N)n2)c1. The first-order chi connectivity index (χ1) is 8.17. The van der Waals surface area contributed by atoms with Gasteiger partial charge in [-0.3, -0.25) is 0 Å². The maximum atomic E-state index is 13.2. The van der Waals surface area contributed by atoms with Crippen molar-refractivity contribution in [2.75, 3.05) is 5.32 Å². The summed E-state index contributed by atoms with van der Waals surface area (Å²) in [5.41, 5.74) is 1.76. The van der Waals surface area contributed by atoms with Crippen molar-refractivity contribution in [1.29, 1.82) is 5.26 Å². The molecule has 0 unspecified atom stereocenters. The van der Waals surface area contributed by atoms with E-state index in [0.29, 0.717) is 17.2 Å². The van der Waals surface area contributed by atoms with Gasteiger partial charge in [-0.25, -0.2) is 9.37 Å². The molecular formula is C13H10FN3. The van der Waals surface area contributed by atoms with Gasteiger partial charge in [0, 0.05) is 5.69 Å². The van der Waals surface area contributed by atoms with E-state index in [9.17, 15) is 4.39 Å². The minimum absolute atomic E-state index is 0.302. The largest absolute Gasteiger partial charge is 0.340 e. The topological polar surface area (TPSA) is 48.7 Å². The van der Waals surface area contributed by atoms with Gasteiger partial charge in [-0.05, 0) is 42.8 Å². The smallest absolute Gasteiger partial charge is 0.142 e. The van der Waals surface area contributed by atoms with Gasteiger partial charge in [-0.2, -0.15) is 5.26 Å². The number of nitriles is 1. The number of aryl methyl sites for hydroxylation is 1. The van der Waals surface area contributed by atoms with Crippen LogP contribution in [0.25, 0.3) is 0 Å². The van der Waals surface area contributed by atoms with Crippen LogP contribution in [0.1, 0.15) is 11.3 Å². The molecule has 4 heteroatoms. The number of halogens is 1. The van der Waals surface area contributed by atoms with Crippen LogP contribution in [0.2, 0.25) is 0 Å². The quantitative estimate of drug-likeness (QED) is 0.857. The third-order valence-electron chi connectivity index (χ3n) is 2.18. The Morgan fingerprint density at radius 3 is 2.82 bits per heavy atom. The molecule has 1 aromatic carbocycles. The summed E-state index contributed by atoms with van der Waals surface area (Å²) in [6.45, 7) is 1.81. The molecule has 0 aliphatic carbocycles. The number of hydrogen-bond acceptors (Lipinski definition) is 3. The second-order valence-corrected chi connectivity index (χ2v) is 3.66. The fraction of sp³-hybridized carbons (Fsp3) is 0.0769. The van der Waals surface area contributed by atoms with Crippen molar-refractivity contribution in [2.24, 2.45) is 0 Å². The van der Waals surface area contributed by atoms with E-state index in [1.807, 2.05) is 19.1 Å². The summed E-state index contributed by atoms with van der Waals surface area (Å²) in [6.07, 6.45) is 0. The van der Waals surface area contributed by atoms with E-state index in [1.165, 1.54) is 12.1 Å². The summed E-state index contributed by atoms with van der Waals surface area (Å²) in [7, 11) is 0. The Morgan fingerprint density at radius 1 is 1.29 bits per heavy atom. The molecule has 1 aromatic heterocycles. The Hall–Kier alpha value is -2.41. The summed E-state index contributed by atoms with van der Waals surface area (Å²) in [6, 6.07) is 11.7. The van der Waals surface area contributed by atoms with Crippen LogP contribution in [0.15, 0.2) is 36.4 Å². The van der Waals surface area contributed by atoms with Gasteiger partial charge in [0.15, 0.2) is 0 Å². The summed E-state index contributed by atoms with van der Waals surface area (Å²) in [5, 5.41) is 11.7. The zero-order valence-electron chi connectivity index (χ0n) is 9.24. The lowest BCUT2D eigenvalue weighted by Gasteiger charge is -2.06. The van der Waals surface area contributed by atoms with Crippen molar-refractivity contribution in [1.82, 2.24) is 4.98 Å². The van der Waals surface area contributed by atoms with Crippen molar-refractivity contribution in [3.05, 3.63) is 53.5 Å². The van der Waals surface area contributed by atoms with Gasteiger partial charge in [0.2, 0.25) is 0 Å². The third kappa shape index (κ3) is 2.79. The highest BCUT2D eigenvalue weighted by Crippen LogP contribution is 2.17. The fourth-order valence-corrected chi connectivity index (χ4v) is 1.52. The van der Waals surface area contributed by atoms with Crippen molar-refractivity contribution in [2.45, 2.75) is 6.92 Å². The summed E-state index contributed by atoms with van der Waals surface area (Å²) in [5.74, 6) is 0.220. The van der Waals surface area contributed by atoms with Crippen molar-refractivity contribution >= 4 is 11.5 Å². The molecular weight excluding hydrogens is 217 g/mol. The highest BCUT2D eigenvalue weighted by atomic mass is 19.1. The van der Waals surface area contributed by atoms with E-state index in [1.54, 1.807) is 18.2 Å². The van der Waals surface area contributed by atoms with Crippen LogP contribution < -0.4 is 5.32 Å². The number of aromatic nitrogens is 1. The molecule has 0 bridgehead atoms. The van der Waals surface area contributed by atoms with Gasteiger partial charge >= 0.3 is 0 Å². The second kappa shape index (κ2) is 4.62. The molecule has 17 heavy (non-hydrogen) atoms. The molecule has 3 nitrogen and oxygen atoms in total. The first kappa shape index (κ1) is 11.1. The number of benzene rings is 1. The molecule has 2 rings (SSSR count). The standard InChI is InChI=1S/C13H10FN3/c1-9-5-10(14)7-12(6-9)17-13-4-2-3-11(8-15)16-13/h2-7H,1H3,(H,16,17). The highest BCUT2D eigenvalue weighted by Gasteiger charge is 2.00. The maximum Gasteiger partial charge on any atom is 0.142 e. The molecule has 0 atom stereocenters. The molecule has 0 aliphatic heterocycles. The van der Waals surface area contributed by atoms with Gasteiger partial charge in [-0.15, -0.1) is 0 Å². The van der Waals surface area contributed by atoms with Crippen molar-refractivity contribution in [3.8, 4) is 6.07 Å². The average molecular weight is 227 g/mol. The predicted molar refractivity (Wildman–Crippen MR) is 63.4 cm³/mol. The minimum atomic E-state index is -0.302. The number of nitrogens with zero attached hydrogens (tertiary/aromatic N) is 2. The molecule has 0 saturated heterocycles. The average Bonchev–Trinajstić information content (AvgIpc) is 2.28. The Bertz CT molecular complexity index is 567. The van der Waals surface area contributed by atoms with Crippen LogP contribution in [0, 0.1) is 24.1 Å². The minimum Gasteiger partial charge on any atom is -0.340 e. The predicted octanol–water partition coefficient (Wildman–Crippen LogP) is 3.14. The van der Waals surface area contributed by atoms with Crippen LogP contribution in [0.3, 0.4) is 0 Å². The lowest BCUT2D eigenvalue weighted by Crippen LogP contribution is -1.95. The van der Waals surface area contributed by atoms with Crippen molar-refractivity contribution < 1.29 is 4.39 Å². The molecule has 0 radical (unpaired) electrons. The first-order valence-corrected chi connectivity index (χ1v) is 5.09. The summed E-state index contributed by atoms with van der Waals surface area (Å²) < 4.78 is 13.2. The second-order valence-electron chi connectivity index (χ2n) is 3.66. The zero-order chi connectivity index (χ0) is 12.3. The van der Waals surface area contributed by atoms with Crippen LogP contribution >= 0.6 is 0 Å². The van der Waals surface area contributed by atoms with E-state index in [2.05, 4.69) is 10.3 Å². The van der Waals surface area contributed by atoms with Gasteiger partial charge in [0.1, 0.15) is 23.4 Å². The third-order valence-corrected chi connectivity index (χ3v) is 2.18. The Balaban J connectivity index is 2.28. The van der Waals surface area contributed by atoms with Crippen LogP contribution in [-0.2, 0) is 0 Å². The van der Waals surface area contributed by atoms with Gasteiger partial charge in [0.05, 0.1) is 0 Å². The molecule has 1 heterocycles. The van der Waals surface area contributed by atoms with Crippen LogP contribution in [0.5, 0.6) is 0 Å². The van der Waals surface area contributed by atoms with E-state index < -0.39 is 0 Å². The lowest BCUT2D eigenvalue weighted by molar-refractivity contribution is 0.627. The molecule has 0 spiro atoms. The van der Waals surface area contributed by atoms with E-state index >= 15 is 0 Å². The molecule has 1 N–H and O–H groups in total. The molecule has 84 valence electrons. The molecule has 2 aromatic rings. The monoisotopic (exact) mass is 227 g/mol.